The van der Waals surface area contributed by atoms with E-state index in [1.54, 1.807) is 12.1 Å². The van der Waals surface area contributed by atoms with Crippen LogP contribution in [0.4, 0.5) is 13.2 Å². The predicted molar refractivity (Wildman–Crippen MR) is 50.7 cm³/mol. The van der Waals surface area contributed by atoms with Gasteiger partial charge in [0.25, 0.3) is 0 Å². The zero-order valence-electron chi connectivity index (χ0n) is 7.90. The lowest BCUT2D eigenvalue weighted by Gasteiger charge is -2.06. The summed E-state index contributed by atoms with van der Waals surface area (Å²) >= 11 is 5.52. The largest absolute Gasteiger partial charge is 0.448 e. The van der Waals surface area contributed by atoms with E-state index in [-0.39, 0.29) is 11.6 Å². The number of hydrogen-bond donors (Lipinski definition) is 1. The molecule has 1 heterocycles. The minimum absolute atomic E-state index is 0.0674. The molecule has 1 aromatic rings. The number of furan rings is 1. The lowest BCUT2D eigenvalue weighted by atomic mass is 10.3. The van der Waals surface area contributed by atoms with E-state index in [0.717, 1.165) is 0 Å². The Kier molecular flexibility index (Phi) is 4.47. The molecule has 1 N–H and O–H groups in total. The maximum Gasteiger partial charge on any atom is 0.389 e. The monoisotopic (exact) mass is 241 g/mol. The van der Waals surface area contributed by atoms with Crippen LogP contribution in [0.3, 0.4) is 0 Å². The molecule has 0 bridgehead atoms. The second-order valence-corrected chi connectivity index (χ2v) is 3.47. The summed E-state index contributed by atoms with van der Waals surface area (Å²) in [6.45, 7) is 0.697. The van der Waals surface area contributed by atoms with Crippen molar-refractivity contribution < 1.29 is 17.6 Å². The molecule has 1 aromatic heterocycles. The summed E-state index contributed by atoms with van der Waals surface area (Å²) in [6, 6.07) is 3.27. The first-order valence-corrected chi connectivity index (χ1v) is 4.87. The molecule has 0 atom stereocenters. The number of hydrogen-bond acceptors (Lipinski definition) is 2. The van der Waals surface area contributed by atoms with Gasteiger partial charge in [0.2, 0.25) is 0 Å². The first kappa shape index (κ1) is 12.4. The van der Waals surface area contributed by atoms with E-state index in [1.807, 2.05) is 0 Å². The fourth-order valence-electron chi connectivity index (χ4n) is 1.07. The topological polar surface area (TPSA) is 25.2 Å². The van der Waals surface area contributed by atoms with E-state index in [9.17, 15) is 13.2 Å². The summed E-state index contributed by atoms with van der Waals surface area (Å²) in [4.78, 5) is 0. The lowest BCUT2D eigenvalue weighted by molar-refractivity contribution is -0.135. The van der Waals surface area contributed by atoms with Crippen LogP contribution in [-0.2, 0) is 6.54 Å². The smallest absolute Gasteiger partial charge is 0.389 e. The molecule has 0 spiro atoms. The van der Waals surface area contributed by atoms with Gasteiger partial charge in [0.1, 0.15) is 5.76 Å². The molecular weight excluding hydrogens is 231 g/mol. The highest BCUT2D eigenvalue weighted by atomic mass is 35.5. The van der Waals surface area contributed by atoms with Gasteiger partial charge >= 0.3 is 6.18 Å². The van der Waals surface area contributed by atoms with Crippen LogP contribution in [0.25, 0.3) is 0 Å². The summed E-state index contributed by atoms with van der Waals surface area (Å²) in [6.07, 6.45) is -4.77. The summed E-state index contributed by atoms with van der Waals surface area (Å²) in [5.41, 5.74) is 0. The Bertz CT molecular complexity index is 298. The summed E-state index contributed by atoms with van der Waals surface area (Å²) < 4.78 is 40.2. The molecule has 0 aliphatic rings. The molecule has 0 aromatic carbocycles. The standard InChI is InChI=1S/C9H11ClF3NO/c10-8-3-2-7(15-8)6-14-5-1-4-9(11,12)13/h2-3,14H,1,4-6H2. The van der Waals surface area contributed by atoms with Crippen LogP contribution in [0.1, 0.15) is 18.6 Å². The number of alkyl halides is 3. The van der Waals surface area contributed by atoms with Crippen molar-refractivity contribution in [3.8, 4) is 0 Å². The van der Waals surface area contributed by atoms with Gasteiger partial charge in [-0.25, -0.2) is 0 Å². The van der Waals surface area contributed by atoms with Crippen molar-refractivity contribution >= 4 is 11.6 Å². The van der Waals surface area contributed by atoms with Gasteiger partial charge in [-0.3, -0.25) is 0 Å². The summed E-state index contributed by atoms with van der Waals surface area (Å²) in [7, 11) is 0. The average Bonchev–Trinajstić information content (AvgIpc) is 2.49. The number of rotatable bonds is 5. The predicted octanol–water partition coefficient (Wildman–Crippen LogP) is 3.37. The van der Waals surface area contributed by atoms with E-state index in [1.165, 1.54) is 0 Å². The third-order valence-electron chi connectivity index (χ3n) is 1.74. The van der Waals surface area contributed by atoms with E-state index in [0.29, 0.717) is 18.8 Å². The molecular formula is C9H11ClF3NO. The fourth-order valence-corrected chi connectivity index (χ4v) is 1.23. The maximum absolute atomic E-state index is 11.7. The highest BCUT2D eigenvalue weighted by Crippen LogP contribution is 2.20. The van der Waals surface area contributed by atoms with Crippen LogP contribution in [0.15, 0.2) is 16.5 Å². The minimum Gasteiger partial charge on any atom is -0.448 e. The molecule has 0 aliphatic carbocycles. The molecule has 0 amide bonds. The fraction of sp³-hybridized carbons (Fsp3) is 0.556. The van der Waals surface area contributed by atoms with Gasteiger partial charge in [0.05, 0.1) is 6.54 Å². The SMILES string of the molecule is FC(F)(F)CCCNCc1ccc(Cl)o1. The van der Waals surface area contributed by atoms with Crippen molar-refractivity contribution in [1.82, 2.24) is 5.32 Å². The minimum atomic E-state index is -4.07. The quantitative estimate of drug-likeness (QED) is 0.800. The van der Waals surface area contributed by atoms with E-state index in [2.05, 4.69) is 5.32 Å². The number of nitrogens with one attached hydrogen (secondary N) is 1. The highest BCUT2D eigenvalue weighted by molar-refractivity contribution is 6.28. The van der Waals surface area contributed by atoms with Crippen LogP contribution in [0.5, 0.6) is 0 Å². The maximum atomic E-state index is 11.7. The molecule has 2 nitrogen and oxygen atoms in total. The van der Waals surface area contributed by atoms with Gasteiger partial charge in [-0.05, 0) is 36.7 Å². The second-order valence-electron chi connectivity index (χ2n) is 3.10. The Hall–Kier alpha value is -0.680. The van der Waals surface area contributed by atoms with Crippen molar-refractivity contribution in [2.24, 2.45) is 0 Å². The average molecular weight is 242 g/mol. The van der Waals surface area contributed by atoms with Gasteiger partial charge in [-0.15, -0.1) is 0 Å². The normalized spacial score (nSPS) is 12.0. The van der Waals surface area contributed by atoms with Crippen LogP contribution in [0, 0.1) is 0 Å². The van der Waals surface area contributed by atoms with Gasteiger partial charge in [0.15, 0.2) is 5.22 Å². The van der Waals surface area contributed by atoms with Crippen molar-refractivity contribution in [2.75, 3.05) is 6.54 Å². The van der Waals surface area contributed by atoms with Gasteiger partial charge in [0, 0.05) is 6.42 Å². The zero-order valence-corrected chi connectivity index (χ0v) is 8.66. The van der Waals surface area contributed by atoms with Crippen LogP contribution >= 0.6 is 11.6 Å². The summed E-state index contributed by atoms with van der Waals surface area (Å²) in [5.74, 6) is 0.618. The van der Waals surface area contributed by atoms with Gasteiger partial charge in [-0.2, -0.15) is 13.2 Å². The molecule has 6 heteroatoms. The molecule has 0 unspecified atom stereocenters. The zero-order chi connectivity index (χ0) is 11.3. The van der Waals surface area contributed by atoms with Crippen molar-refractivity contribution in [1.29, 1.82) is 0 Å². The molecule has 1 rings (SSSR count). The molecule has 0 saturated heterocycles. The molecule has 15 heavy (non-hydrogen) atoms. The van der Waals surface area contributed by atoms with Gasteiger partial charge in [-0.1, -0.05) is 0 Å². The van der Waals surface area contributed by atoms with E-state index in [4.69, 9.17) is 16.0 Å². The Labute approximate surface area is 90.4 Å². The first-order chi connectivity index (χ1) is 6.97. The van der Waals surface area contributed by atoms with E-state index >= 15 is 0 Å². The van der Waals surface area contributed by atoms with Crippen LogP contribution in [0.2, 0.25) is 5.22 Å². The Morgan fingerprint density at radius 1 is 1.33 bits per heavy atom. The third kappa shape index (κ3) is 5.69. The van der Waals surface area contributed by atoms with E-state index < -0.39 is 12.6 Å². The van der Waals surface area contributed by atoms with Crippen molar-refractivity contribution in [2.45, 2.75) is 25.6 Å². The van der Waals surface area contributed by atoms with Gasteiger partial charge < -0.3 is 9.73 Å². The molecule has 0 saturated carbocycles. The lowest BCUT2D eigenvalue weighted by Crippen LogP contribution is -2.17. The van der Waals surface area contributed by atoms with Crippen LogP contribution < -0.4 is 5.32 Å². The Morgan fingerprint density at radius 3 is 2.60 bits per heavy atom. The Balaban J connectivity index is 2.07. The molecule has 0 aliphatic heterocycles. The number of halogens is 4. The summed E-state index contributed by atoms with van der Waals surface area (Å²) in [5, 5.41) is 3.11. The highest BCUT2D eigenvalue weighted by Gasteiger charge is 2.25. The van der Waals surface area contributed by atoms with Crippen molar-refractivity contribution in [3.63, 3.8) is 0 Å². The van der Waals surface area contributed by atoms with Crippen LogP contribution in [-0.4, -0.2) is 12.7 Å². The third-order valence-corrected chi connectivity index (χ3v) is 1.95. The first-order valence-electron chi connectivity index (χ1n) is 4.49. The second kappa shape index (κ2) is 5.42. The Morgan fingerprint density at radius 2 is 2.07 bits per heavy atom. The van der Waals surface area contributed by atoms with Crippen molar-refractivity contribution in [3.05, 3.63) is 23.1 Å². The molecule has 0 radical (unpaired) electrons. The molecule has 86 valence electrons. The molecule has 0 fully saturated rings.